The number of hydrogen-bond donors (Lipinski definition) is 0. The SMILES string of the molecule is CC[C@@H]1C[C@H](N(Cc2cc(C(F)(F)F)cc(C(F)(F)F)c2)c2ncc(-c3cnn(C)c3)cn2)CN1C(=O)OCCC(C)(C)C=O. The van der Waals surface area contributed by atoms with Gasteiger partial charge in [-0.05, 0) is 43.0 Å². The first-order chi connectivity index (χ1) is 21.0. The lowest BCUT2D eigenvalue weighted by Crippen LogP contribution is -2.40. The predicted molar refractivity (Wildman–Crippen MR) is 152 cm³/mol. The maximum absolute atomic E-state index is 13.7. The van der Waals surface area contributed by atoms with Gasteiger partial charge in [0.15, 0.2) is 0 Å². The van der Waals surface area contributed by atoms with Gasteiger partial charge in [-0.2, -0.15) is 31.4 Å². The summed E-state index contributed by atoms with van der Waals surface area (Å²) >= 11 is 0. The Kier molecular flexibility index (Phi) is 9.78. The summed E-state index contributed by atoms with van der Waals surface area (Å²) in [4.78, 5) is 36.1. The molecule has 2 atom stereocenters. The summed E-state index contributed by atoms with van der Waals surface area (Å²) in [6.45, 7) is 4.95. The van der Waals surface area contributed by atoms with Gasteiger partial charge in [0.1, 0.15) is 6.29 Å². The minimum absolute atomic E-state index is 0.00470. The van der Waals surface area contributed by atoms with Gasteiger partial charge in [0.05, 0.1) is 30.0 Å². The number of nitrogens with zero attached hydrogens (tertiary/aromatic N) is 6. The average Bonchev–Trinajstić information content (AvgIpc) is 3.61. The number of aryl methyl sites for hydroxylation is 1. The summed E-state index contributed by atoms with van der Waals surface area (Å²) in [6, 6.07) is 0.547. The van der Waals surface area contributed by atoms with Crippen LogP contribution in [-0.2, 0) is 35.5 Å². The number of ether oxygens (including phenoxy) is 1. The third-order valence-electron chi connectivity index (χ3n) is 7.76. The van der Waals surface area contributed by atoms with E-state index in [4.69, 9.17) is 4.74 Å². The molecule has 15 heteroatoms. The van der Waals surface area contributed by atoms with E-state index in [-0.39, 0.29) is 36.8 Å². The molecule has 0 saturated carbocycles. The quantitative estimate of drug-likeness (QED) is 0.184. The smallest absolute Gasteiger partial charge is 0.416 e. The Morgan fingerprint density at radius 2 is 1.64 bits per heavy atom. The molecule has 0 aliphatic carbocycles. The van der Waals surface area contributed by atoms with Crippen LogP contribution in [0.5, 0.6) is 0 Å². The number of aromatic nitrogens is 4. The maximum atomic E-state index is 13.7. The van der Waals surface area contributed by atoms with Gasteiger partial charge in [-0.3, -0.25) is 4.68 Å². The number of amides is 1. The van der Waals surface area contributed by atoms with Crippen molar-refractivity contribution in [1.29, 1.82) is 0 Å². The first-order valence-corrected chi connectivity index (χ1v) is 14.3. The fourth-order valence-electron chi connectivity index (χ4n) is 5.13. The molecular formula is C30H34F6N6O3. The largest absolute Gasteiger partial charge is 0.449 e. The molecule has 9 nitrogen and oxygen atoms in total. The molecule has 0 radical (unpaired) electrons. The van der Waals surface area contributed by atoms with Crippen molar-refractivity contribution in [1.82, 2.24) is 24.6 Å². The predicted octanol–water partition coefficient (Wildman–Crippen LogP) is 6.53. The highest BCUT2D eigenvalue weighted by Crippen LogP contribution is 2.37. The number of alkyl halides is 6. The van der Waals surface area contributed by atoms with Crippen LogP contribution < -0.4 is 4.90 Å². The number of rotatable bonds is 10. The highest BCUT2D eigenvalue weighted by atomic mass is 19.4. The zero-order valence-corrected chi connectivity index (χ0v) is 25.2. The lowest BCUT2D eigenvalue weighted by Gasteiger charge is -2.30. The van der Waals surface area contributed by atoms with Crippen molar-refractivity contribution >= 4 is 18.3 Å². The van der Waals surface area contributed by atoms with Gasteiger partial charge in [0.2, 0.25) is 5.95 Å². The molecule has 1 fully saturated rings. The third-order valence-corrected chi connectivity index (χ3v) is 7.76. The van der Waals surface area contributed by atoms with Crippen LogP contribution in [0.3, 0.4) is 0 Å². The van der Waals surface area contributed by atoms with Crippen LogP contribution in [0.1, 0.15) is 56.7 Å². The first-order valence-electron chi connectivity index (χ1n) is 14.3. The van der Waals surface area contributed by atoms with Crippen molar-refractivity contribution in [2.45, 2.75) is 71.0 Å². The van der Waals surface area contributed by atoms with E-state index in [9.17, 15) is 35.9 Å². The molecule has 0 unspecified atom stereocenters. The number of hydrogen-bond acceptors (Lipinski definition) is 7. The molecule has 1 saturated heterocycles. The summed E-state index contributed by atoms with van der Waals surface area (Å²) < 4.78 is 88.9. The second kappa shape index (κ2) is 13.1. The molecule has 0 N–H and O–H groups in total. The molecule has 244 valence electrons. The molecule has 1 amide bonds. The van der Waals surface area contributed by atoms with Crippen LogP contribution in [0, 0.1) is 5.41 Å². The second-order valence-corrected chi connectivity index (χ2v) is 11.8. The van der Waals surface area contributed by atoms with E-state index in [1.165, 1.54) is 22.2 Å². The van der Waals surface area contributed by atoms with Crippen molar-refractivity contribution < 1.29 is 40.7 Å². The maximum Gasteiger partial charge on any atom is 0.416 e. The van der Waals surface area contributed by atoms with Gasteiger partial charge < -0.3 is 19.3 Å². The van der Waals surface area contributed by atoms with E-state index in [2.05, 4.69) is 15.1 Å². The van der Waals surface area contributed by atoms with Crippen molar-refractivity contribution in [2.75, 3.05) is 18.1 Å². The van der Waals surface area contributed by atoms with Crippen molar-refractivity contribution in [3.63, 3.8) is 0 Å². The standard InChI is InChI=1S/C30H34F6N6O3/c1-5-24-11-25(17-42(24)27(44)45-7-6-28(2,3)18-43)41(26-37-12-20(13-38-26)21-14-39-40(4)16-21)15-19-8-22(29(31,32)33)10-23(9-19)30(34,35)36/h8-10,12-14,16,18,24-25H,5-7,11,15,17H2,1-4H3/t24-,25+/m1/s1. The molecule has 45 heavy (non-hydrogen) atoms. The van der Waals surface area contributed by atoms with Gasteiger partial charge in [-0.25, -0.2) is 14.8 Å². The number of carbonyl (C=O) groups is 2. The molecule has 4 rings (SSSR count). The molecule has 3 heterocycles. The number of anilines is 1. The zero-order valence-electron chi connectivity index (χ0n) is 25.2. The van der Waals surface area contributed by atoms with E-state index in [0.29, 0.717) is 42.5 Å². The number of carbonyl (C=O) groups excluding carboxylic acids is 2. The molecule has 2 aromatic heterocycles. The molecule has 0 spiro atoms. The first kappa shape index (κ1) is 33.7. The fraction of sp³-hybridized carbons (Fsp3) is 0.500. The van der Waals surface area contributed by atoms with Crippen LogP contribution in [0.25, 0.3) is 11.1 Å². The lowest BCUT2D eigenvalue weighted by molar-refractivity contribution is -0.143. The summed E-state index contributed by atoms with van der Waals surface area (Å²) in [7, 11) is 1.73. The highest BCUT2D eigenvalue weighted by Gasteiger charge is 2.41. The molecular weight excluding hydrogens is 606 g/mol. The molecule has 0 bridgehead atoms. The Labute approximate surface area is 256 Å². The number of benzene rings is 1. The van der Waals surface area contributed by atoms with E-state index >= 15 is 0 Å². The zero-order chi connectivity index (χ0) is 33.2. The fourth-order valence-corrected chi connectivity index (χ4v) is 5.13. The number of halogens is 6. The molecule has 1 aromatic carbocycles. The van der Waals surface area contributed by atoms with E-state index in [0.717, 1.165) is 6.29 Å². The Morgan fingerprint density at radius 1 is 1.02 bits per heavy atom. The van der Waals surface area contributed by atoms with Gasteiger partial charge in [0.25, 0.3) is 0 Å². The minimum Gasteiger partial charge on any atom is -0.449 e. The second-order valence-electron chi connectivity index (χ2n) is 11.8. The van der Waals surface area contributed by atoms with E-state index in [1.54, 1.807) is 38.0 Å². The van der Waals surface area contributed by atoms with Crippen molar-refractivity contribution in [3.8, 4) is 11.1 Å². The molecule has 1 aliphatic heterocycles. The summed E-state index contributed by atoms with van der Waals surface area (Å²) in [5.74, 6) is 0.0661. The molecule has 1 aliphatic rings. The molecule has 3 aromatic rings. The highest BCUT2D eigenvalue weighted by molar-refractivity contribution is 5.69. The van der Waals surface area contributed by atoms with Gasteiger partial charge >= 0.3 is 18.4 Å². The van der Waals surface area contributed by atoms with Gasteiger partial charge in [-0.1, -0.05) is 20.8 Å². The normalized spacial score (nSPS) is 17.4. The van der Waals surface area contributed by atoms with Crippen molar-refractivity contribution in [3.05, 3.63) is 59.7 Å². The van der Waals surface area contributed by atoms with Crippen LogP contribution in [0.15, 0.2) is 43.0 Å². The lowest BCUT2D eigenvalue weighted by atomic mass is 9.92. The number of aldehydes is 1. The Hall–Kier alpha value is -4.17. The van der Waals surface area contributed by atoms with E-state index < -0.39 is 47.6 Å². The van der Waals surface area contributed by atoms with Crippen LogP contribution >= 0.6 is 0 Å². The van der Waals surface area contributed by atoms with Crippen LogP contribution in [0.2, 0.25) is 0 Å². The van der Waals surface area contributed by atoms with Crippen LogP contribution in [-0.4, -0.2) is 62.3 Å². The summed E-state index contributed by atoms with van der Waals surface area (Å²) in [5, 5.41) is 4.11. The summed E-state index contributed by atoms with van der Waals surface area (Å²) in [5.41, 5.74) is -2.48. The average molecular weight is 641 g/mol. The Balaban J connectivity index is 1.67. The Bertz CT molecular complexity index is 1460. The monoisotopic (exact) mass is 640 g/mol. The van der Waals surface area contributed by atoms with E-state index in [1.807, 2.05) is 6.92 Å². The van der Waals surface area contributed by atoms with Gasteiger partial charge in [0, 0.05) is 61.3 Å². The number of likely N-dealkylation sites (tertiary alicyclic amines) is 1. The van der Waals surface area contributed by atoms with Gasteiger partial charge in [-0.15, -0.1) is 0 Å². The van der Waals surface area contributed by atoms with Crippen molar-refractivity contribution in [2.24, 2.45) is 12.5 Å². The minimum atomic E-state index is -5.01. The topological polar surface area (TPSA) is 93.5 Å². The van der Waals surface area contributed by atoms with Crippen LogP contribution in [0.4, 0.5) is 37.1 Å². The summed E-state index contributed by atoms with van der Waals surface area (Å²) in [6.07, 6.45) is -2.40. The third kappa shape index (κ3) is 8.31. The Morgan fingerprint density at radius 3 is 2.16 bits per heavy atom.